The fourth-order valence-electron chi connectivity index (χ4n) is 3.39. The minimum Gasteiger partial charge on any atom is -0.355 e. The van der Waals surface area contributed by atoms with Crippen molar-refractivity contribution in [2.75, 3.05) is 6.54 Å². The van der Waals surface area contributed by atoms with Crippen molar-refractivity contribution in [3.05, 3.63) is 70.5 Å². The number of amides is 1. The lowest BCUT2D eigenvalue weighted by atomic mass is 9.83. The van der Waals surface area contributed by atoms with Crippen LogP contribution in [0.5, 0.6) is 0 Å². The summed E-state index contributed by atoms with van der Waals surface area (Å²) in [5.74, 6) is -3.21. The summed E-state index contributed by atoms with van der Waals surface area (Å²) >= 11 is 0. The second-order valence-corrected chi connectivity index (χ2v) is 6.62. The van der Waals surface area contributed by atoms with Crippen LogP contribution in [0.1, 0.15) is 28.2 Å². The van der Waals surface area contributed by atoms with Crippen molar-refractivity contribution in [1.29, 1.82) is 0 Å². The van der Waals surface area contributed by atoms with Gasteiger partial charge in [0.1, 0.15) is 17.5 Å². The number of hydrogen-bond donors (Lipinski definition) is 1. The maximum Gasteiger partial charge on any atom is 0.416 e. The van der Waals surface area contributed by atoms with Crippen molar-refractivity contribution >= 4 is 11.7 Å². The highest BCUT2D eigenvalue weighted by Crippen LogP contribution is 2.35. The first-order valence-electron chi connectivity index (χ1n) is 8.40. The van der Waals surface area contributed by atoms with E-state index in [2.05, 4.69) is 5.32 Å². The molecule has 2 atom stereocenters. The van der Waals surface area contributed by atoms with Gasteiger partial charge < -0.3 is 5.32 Å². The Labute approximate surface area is 153 Å². The number of rotatable bonds is 4. The molecule has 0 spiro atoms. The number of carbonyl (C=O) groups is 2. The molecule has 0 unspecified atom stereocenters. The van der Waals surface area contributed by atoms with Crippen LogP contribution in [0.25, 0.3) is 0 Å². The van der Waals surface area contributed by atoms with Crippen LogP contribution in [0.3, 0.4) is 0 Å². The highest BCUT2D eigenvalue weighted by molar-refractivity contribution is 6.04. The Kier molecular flexibility index (Phi) is 5.04. The van der Waals surface area contributed by atoms with Crippen molar-refractivity contribution in [3.63, 3.8) is 0 Å². The van der Waals surface area contributed by atoms with Crippen LogP contribution in [-0.2, 0) is 22.2 Å². The Morgan fingerprint density at radius 3 is 2.59 bits per heavy atom. The van der Waals surface area contributed by atoms with Gasteiger partial charge in [-0.1, -0.05) is 30.3 Å². The molecule has 142 valence electrons. The maximum absolute atomic E-state index is 13.7. The molecule has 1 heterocycles. The van der Waals surface area contributed by atoms with E-state index >= 15 is 0 Å². The van der Waals surface area contributed by atoms with Crippen molar-refractivity contribution in [2.24, 2.45) is 5.92 Å². The summed E-state index contributed by atoms with van der Waals surface area (Å²) < 4.78 is 52.6. The highest BCUT2D eigenvalue weighted by atomic mass is 19.4. The highest BCUT2D eigenvalue weighted by Gasteiger charge is 2.41. The van der Waals surface area contributed by atoms with E-state index in [1.165, 1.54) is 31.2 Å². The average Bonchev–Trinajstić information content (AvgIpc) is 3.00. The van der Waals surface area contributed by atoms with Gasteiger partial charge in [0.05, 0.1) is 5.56 Å². The second kappa shape index (κ2) is 7.13. The van der Waals surface area contributed by atoms with E-state index in [-0.39, 0.29) is 18.5 Å². The Bertz CT molecular complexity index is 892. The summed E-state index contributed by atoms with van der Waals surface area (Å²) in [7, 11) is 0. The Morgan fingerprint density at radius 2 is 1.89 bits per heavy atom. The first kappa shape index (κ1) is 19.1. The first-order valence-corrected chi connectivity index (χ1v) is 8.40. The fourth-order valence-corrected chi connectivity index (χ4v) is 3.39. The van der Waals surface area contributed by atoms with E-state index in [1.807, 2.05) is 0 Å². The molecule has 1 fully saturated rings. The molecule has 2 aromatic carbocycles. The quantitative estimate of drug-likeness (QED) is 0.649. The molecule has 0 aromatic heterocycles. The normalized spacial score (nSPS) is 19.8. The minimum absolute atomic E-state index is 0.0820. The topological polar surface area (TPSA) is 46.2 Å². The molecule has 1 amide bonds. The largest absolute Gasteiger partial charge is 0.416 e. The zero-order valence-electron chi connectivity index (χ0n) is 14.4. The van der Waals surface area contributed by atoms with Gasteiger partial charge in [-0.2, -0.15) is 13.2 Å². The molecule has 1 saturated heterocycles. The number of nitrogens with one attached hydrogen (secondary N) is 1. The van der Waals surface area contributed by atoms with Crippen LogP contribution in [0.2, 0.25) is 0 Å². The molecule has 7 heteroatoms. The Hall–Kier alpha value is -2.70. The molecule has 3 nitrogen and oxygen atoms in total. The summed E-state index contributed by atoms with van der Waals surface area (Å²) in [5.41, 5.74) is 0.228. The number of alkyl halides is 3. The SMILES string of the molecule is Cc1c(F)cccc1CC(=O)[C@H]1C(=O)NC[C@@H]1c1cccc(C(F)(F)F)c1. The fraction of sp³-hybridized carbons (Fsp3) is 0.300. The number of halogens is 4. The monoisotopic (exact) mass is 379 g/mol. The van der Waals surface area contributed by atoms with Crippen LogP contribution in [0.4, 0.5) is 17.6 Å². The van der Waals surface area contributed by atoms with E-state index in [1.54, 1.807) is 6.07 Å². The first-order chi connectivity index (χ1) is 12.7. The molecule has 0 radical (unpaired) electrons. The van der Waals surface area contributed by atoms with Gasteiger partial charge in [0.15, 0.2) is 0 Å². The zero-order valence-corrected chi connectivity index (χ0v) is 14.4. The molecular weight excluding hydrogens is 362 g/mol. The molecule has 1 aliphatic heterocycles. The molecule has 0 saturated carbocycles. The number of carbonyl (C=O) groups excluding carboxylic acids is 2. The lowest BCUT2D eigenvalue weighted by molar-refractivity contribution is -0.137. The summed E-state index contributed by atoms with van der Waals surface area (Å²) in [6.07, 6.45) is -4.67. The number of ketones is 1. The molecule has 0 bridgehead atoms. The average molecular weight is 379 g/mol. The van der Waals surface area contributed by atoms with E-state index in [9.17, 15) is 27.2 Å². The van der Waals surface area contributed by atoms with Gasteiger partial charge in [-0.15, -0.1) is 0 Å². The van der Waals surface area contributed by atoms with E-state index in [0.29, 0.717) is 11.1 Å². The summed E-state index contributed by atoms with van der Waals surface area (Å²) in [6, 6.07) is 9.01. The van der Waals surface area contributed by atoms with E-state index in [0.717, 1.165) is 12.1 Å². The van der Waals surface area contributed by atoms with Gasteiger partial charge in [-0.05, 0) is 35.7 Å². The minimum atomic E-state index is -4.51. The summed E-state index contributed by atoms with van der Waals surface area (Å²) in [4.78, 5) is 24.9. The van der Waals surface area contributed by atoms with Crippen molar-refractivity contribution in [1.82, 2.24) is 5.32 Å². The van der Waals surface area contributed by atoms with Gasteiger partial charge in [0, 0.05) is 18.9 Å². The van der Waals surface area contributed by atoms with Crippen LogP contribution in [-0.4, -0.2) is 18.2 Å². The lowest BCUT2D eigenvalue weighted by Crippen LogP contribution is -2.28. The van der Waals surface area contributed by atoms with Crippen molar-refractivity contribution < 1.29 is 27.2 Å². The molecule has 2 aromatic rings. The zero-order chi connectivity index (χ0) is 19.8. The van der Waals surface area contributed by atoms with Gasteiger partial charge in [0.2, 0.25) is 5.91 Å². The smallest absolute Gasteiger partial charge is 0.355 e. The van der Waals surface area contributed by atoms with Crippen LogP contribution < -0.4 is 5.32 Å². The molecule has 27 heavy (non-hydrogen) atoms. The Balaban J connectivity index is 1.88. The van der Waals surface area contributed by atoms with Crippen molar-refractivity contribution in [2.45, 2.75) is 25.4 Å². The van der Waals surface area contributed by atoms with Crippen LogP contribution in [0.15, 0.2) is 42.5 Å². The molecular formula is C20H17F4NO2. The molecule has 0 aliphatic carbocycles. The third-order valence-corrected chi connectivity index (χ3v) is 4.91. The molecule has 1 N–H and O–H groups in total. The van der Waals surface area contributed by atoms with Crippen LogP contribution >= 0.6 is 0 Å². The number of benzene rings is 2. The maximum atomic E-state index is 13.7. The summed E-state index contributed by atoms with van der Waals surface area (Å²) in [5, 5.41) is 2.55. The number of Topliss-reactive ketones (excluding diaryl/α,β-unsaturated/α-hetero) is 1. The third-order valence-electron chi connectivity index (χ3n) is 4.91. The summed E-state index contributed by atoms with van der Waals surface area (Å²) in [6.45, 7) is 1.62. The van der Waals surface area contributed by atoms with Gasteiger partial charge in [-0.3, -0.25) is 9.59 Å². The van der Waals surface area contributed by atoms with Crippen LogP contribution in [0, 0.1) is 18.7 Å². The van der Waals surface area contributed by atoms with Gasteiger partial charge in [-0.25, -0.2) is 4.39 Å². The Morgan fingerprint density at radius 1 is 1.19 bits per heavy atom. The molecule has 1 aliphatic rings. The number of hydrogen-bond acceptors (Lipinski definition) is 2. The standard InChI is InChI=1S/C20H17F4NO2/c1-11-12(4-3-7-16(11)21)9-17(26)18-15(10-25-19(18)27)13-5-2-6-14(8-13)20(22,23)24/h2-8,15,18H,9-10H2,1H3,(H,25,27)/t15-,18+/m1/s1. The second-order valence-electron chi connectivity index (χ2n) is 6.62. The van der Waals surface area contributed by atoms with Gasteiger partial charge in [0.25, 0.3) is 0 Å². The third kappa shape index (κ3) is 3.86. The predicted octanol–water partition coefficient (Wildman–Crippen LogP) is 3.79. The van der Waals surface area contributed by atoms with Gasteiger partial charge >= 0.3 is 6.18 Å². The molecule has 3 rings (SSSR count). The predicted molar refractivity (Wildman–Crippen MR) is 90.5 cm³/mol. The van der Waals surface area contributed by atoms with Crippen molar-refractivity contribution in [3.8, 4) is 0 Å². The lowest BCUT2D eigenvalue weighted by Gasteiger charge is -2.18. The van der Waals surface area contributed by atoms with E-state index in [4.69, 9.17) is 0 Å². The van der Waals surface area contributed by atoms with E-state index < -0.39 is 41.1 Å².